The first-order valence-electron chi connectivity index (χ1n) is 43.7. The van der Waals surface area contributed by atoms with E-state index in [1.54, 1.807) is 36.4 Å². The average molecular weight is 1930 g/mol. The lowest BCUT2D eigenvalue weighted by Crippen LogP contribution is -2.58. The summed E-state index contributed by atoms with van der Waals surface area (Å²) in [5.41, 5.74) is 7.19. The molecule has 4 fully saturated rings. The minimum absolute atomic E-state index is 0.00463. The van der Waals surface area contributed by atoms with Gasteiger partial charge in [0.05, 0.1) is 212 Å². The monoisotopic (exact) mass is 1930 g/mol. The summed E-state index contributed by atoms with van der Waals surface area (Å²) in [6.07, 6.45) is 2.66. The molecule has 4 saturated carbocycles. The highest BCUT2D eigenvalue weighted by molar-refractivity contribution is 7.87. The largest absolute Gasteiger partial charge is 0.748 e. The van der Waals surface area contributed by atoms with Crippen molar-refractivity contribution in [2.75, 3.05) is 31.3 Å². The third-order valence-corrected chi connectivity index (χ3v) is 26.0. The minimum Gasteiger partial charge on any atom is -0.748 e. The third-order valence-electron chi connectivity index (χ3n) is 23.8. The van der Waals surface area contributed by atoms with Crippen LogP contribution in [0.3, 0.4) is 0 Å². The number of alkyl halides is 2. The van der Waals surface area contributed by atoms with Gasteiger partial charge in [0, 0.05) is 18.2 Å². The highest BCUT2D eigenvalue weighted by atomic mass is 32.2. The van der Waals surface area contributed by atoms with Crippen LogP contribution in [-0.4, -0.2) is 276 Å². The van der Waals surface area contributed by atoms with Crippen LogP contribution < -0.4 is 23.7 Å². The molecule has 4 bridgehead atoms. The molecule has 2 atom stereocenters. The molecule has 0 aromatic heterocycles. The van der Waals surface area contributed by atoms with Crippen LogP contribution in [0.1, 0.15) is 215 Å². The summed E-state index contributed by atoms with van der Waals surface area (Å²) in [5.74, 6) is -14.8. The van der Waals surface area contributed by atoms with E-state index in [0.29, 0.717) is 127 Å². The molecule has 141 heavy (non-hydrogen) atoms. The molecule has 27 nitrogen and oxygen atoms in total. The van der Waals surface area contributed by atoms with Crippen LogP contribution in [0, 0.1) is 23.7 Å². The Labute approximate surface area is 841 Å². The number of carbonyl (C=O) groups is 9. The van der Waals surface area contributed by atoms with Crippen molar-refractivity contribution < 1.29 is 133 Å². The van der Waals surface area contributed by atoms with Gasteiger partial charge in [0.2, 0.25) is 0 Å². The van der Waals surface area contributed by atoms with Gasteiger partial charge in [-0.2, -0.15) is 8.78 Å². The van der Waals surface area contributed by atoms with Gasteiger partial charge in [0.25, 0.3) is 0 Å². The fourth-order valence-electron chi connectivity index (χ4n) is 17.4. The third kappa shape index (κ3) is 28.7. The van der Waals surface area contributed by atoms with Crippen molar-refractivity contribution >= 4 is 225 Å². The molecule has 4 aliphatic carbocycles. The maximum atomic E-state index is 14.1. The first kappa shape index (κ1) is 114. The van der Waals surface area contributed by atoms with Gasteiger partial charge in [0.1, 0.15) is 47.2 Å². The molecule has 8 aromatic carbocycles. The van der Waals surface area contributed by atoms with Crippen molar-refractivity contribution in [2.45, 2.75) is 157 Å². The lowest BCUT2D eigenvalue weighted by atomic mass is 9.50. The molecule has 36 radical (unpaired) electrons. The Bertz CT molecular complexity index is 6310. The molecule has 692 valence electrons. The Morgan fingerprint density at radius 2 is 0.617 bits per heavy atom. The Balaban J connectivity index is 0.000000244. The number of esters is 9. The van der Waals surface area contributed by atoms with E-state index in [-0.39, 0.29) is 182 Å². The van der Waals surface area contributed by atoms with Gasteiger partial charge in [0.15, 0.2) is 28.2 Å². The lowest BCUT2D eigenvalue weighted by Gasteiger charge is -2.58. The van der Waals surface area contributed by atoms with E-state index in [1.165, 1.54) is 36.4 Å². The van der Waals surface area contributed by atoms with Crippen LogP contribution in [0.4, 0.5) is 8.78 Å². The van der Waals surface area contributed by atoms with Gasteiger partial charge in [-0.15, -0.1) is 0 Å². The van der Waals surface area contributed by atoms with Gasteiger partial charge in [-0.05, 0) is 132 Å². The maximum Gasteiger partial charge on any atom is 0.367 e. The smallest absolute Gasteiger partial charge is 0.367 e. The summed E-state index contributed by atoms with van der Waals surface area (Å²) in [7, 11) is 90.5. The van der Waals surface area contributed by atoms with Crippen molar-refractivity contribution in [2.24, 2.45) is 23.7 Å². The van der Waals surface area contributed by atoms with Crippen molar-refractivity contribution in [1.82, 2.24) is 0 Å². The van der Waals surface area contributed by atoms with Crippen molar-refractivity contribution in [3.63, 3.8) is 0 Å². The summed E-state index contributed by atoms with van der Waals surface area (Å²) in [4.78, 5) is 122. The van der Waals surface area contributed by atoms with Gasteiger partial charge >= 0.3 is 59.0 Å². The molecular weight excluding hydrogens is 1850 g/mol. The second-order valence-electron chi connectivity index (χ2n) is 32.8. The number of benzene rings is 8. The number of ether oxygens (including phenoxy) is 9. The van der Waals surface area contributed by atoms with E-state index >= 15 is 0 Å². The Morgan fingerprint density at radius 1 is 0.326 bits per heavy atom. The van der Waals surface area contributed by atoms with Crippen molar-refractivity contribution in [1.29, 1.82) is 0 Å². The molecule has 2 unspecified atom stereocenters. The molecular formula is C91H77B18F2O27S3-3. The average Bonchev–Trinajstić information content (AvgIpc) is 0.724. The van der Waals surface area contributed by atoms with Crippen LogP contribution >= 0.6 is 0 Å². The van der Waals surface area contributed by atoms with Crippen LogP contribution in [0.15, 0.2) is 103 Å². The van der Waals surface area contributed by atoms with E-state index in [9.17, 15) is 90.8 Å². The van der Waals surface area contributed by atoms with Crippen LogP contribution in [0.25, 0.3) is 0 Å². The molecule has 0 N–H and O–H groups in total. The van der Waals surface area contributed by atoms with Gasteiger partial charge < -0.3 is 56.3 Å². The fraction of sp³-hybridized carbons (Fsp3) is 0.374. The number of halogens is 2. The zero-order valence-corrected chi connectivity index (χ0v) is 78.8. The molecule has 50 heteroatoms. The Kier molecular flexibility index (Phi) is 41.2. The quantitative estimate of drug-likeness (QED) is 0.0173. The summed E-state index contributed by atoms with van der Waals surface area (Å²) in [6.45, 7) is -3.54. The maximum absolute atomic E-state index is 14.1. The number of hydrogen-bond acceptors (Lipinski definition) is 27. The lowest BCUT2D eigenvalue weighted by molar-refractivity contribution is -0.186. The standard InChI is InChI=1S/C39H31B9O11S.C29H24B6O9S.C23H25B3F2O7S/c40-11-20-3-23(14-43)30(17-46)27(6-20)36(49)57-26-9-33(58-37(50)28-7-21(12-41)4-24(15-44)31(28)18-47)35(39(52)56-1-2-60(53,54)55)34(10-26)59-38(51)29-8-22(13-42)5-25(16-45)32(29)19-48;30-10-16-5-18(12-32)24(14-34)22(7-16)28(37)43-20-1-2-21(27(36)42-3-4-45(39,40)41)26(9-20)44-29(38)23-8-17(11-31)6-19(13-33)25(23)15-35;24-8-13-3-16(9-25)18(10-26)17(4-13)20(29)35-22-5-12-1-14(6-22)19(15(2-12)7-22)21(30)34-11-23(27,28)36(31,32)33/h3-10H,1-2,11-19H2,(H,53,54,55);1-2,5-9H,3-4,10-15H2,(H,39,40,41);3-4,12,14-15,19H,1-2,5-11H2,(H,31,32,33)/p-3. The zero-order valence-electron chi connectivity index (χ0n) is 76.3. The first-order chi connectivity index (χ1) is 66.8. The number of rotatable bonds is 42. The van der Waals surface area contributed by atoms with E-state index in [2.05, 4.69) is 4.74 Å². The molecule has 0 aliphatic heterocycles. The second-order valence-corrected chi connectivity index (χ2v) is 37.4. The van der Waals surface area contributed by atoms with Crippen molar-refractivity contribution in [3.8, 4) is 28.7 Å². The van der Waals surface area contributed by atoms with E-state index in [1.807, 2.05) is 6.07 Å². The number of hydrogen-bond donors (Lipinski definition) is 0. The Morgan fingerprint density at radius 3 is 0.915 bits per heavy atom. The number of carbonyl (C=O) groups excluding carboxylic acids is 9. The van der Waals surface area contributed by atoms with E-state index in [4.69, 9.17) is 179 Å². The van der Waals surface area contributed by atoms with Crippen LogP contribution in [0.5, 0.6) is 28.7 Å². The second kappa shape index (κ2) is 50.8. The van der Waals surface area contributed by atoms with Gasteiger partial charge in [-0.25, -0.2) is 63.6 Å². The summed E-state index contributed by atoms with van der Waals surface area (Å²) in [6, 6.07) is 24.5. The van der Waals surface area contributed by atoms with Gasteiger partial charge in [-0.1, -0.05) is 217 Å². The topological polar surface area (TPSA) is 408 Å². The van der Waals surface area contributed by atoms with E-state index < -0.39 is 161 Å². The highest BCUT2D eigenvalue weighted by Gasteiger charge is 2.60. The molecule has 8 aromatic rings. The summed E-state index contributed by atoms with van der Waals surface area (Å²) >= 11 is 0. The minimum atomic E-state index is -5.96. The molecule has 12 rings (SSSR count). The SMILES string of the molecule is [B]Cc1cc(C[B])c(C[B])c(C(=O)OC23CC4CC(C2)C(C(=O)OCC(F)(F)S(=O)(=O)[O-])C(C4)C3)c1.[B]Cc1cc(C[B])c(C[B])c(C(=O)Oc2cc(OC(=O)c3cc(C[B])cc(C[B])c3C[B])c(C(=O)OCCS(=O)(=O)[O-])c(OC(=O)c3cc(C[B])cc(C[B])c3C[B])c2)c1.[B]Cc1cc(C[B])c(C[B])c(C(=O)Oc2ccc(C(=O)OCCS(=O)(=O)[O-])c(OC(=O)c3cc(C[B])cc(C[B])c3C[B])c2)c1. The summed E-state index contributed by atoms with van der Waals surface area (Å²) in [5, 5.41) is -4.70. The normalized spacial score (nSPS) is 15.8. The molecule has 0 amide bonds. The fourth-order valence-corrected chi connectivity index (χ4v) is 18.2. The van der Waals surface area contributed by atoms with E-state index in [0.717, 1.165) is 24.3 Å². The van der Waals surface area contributed by atoms with Crippen LogP contribution in [0.2, 0.25) is 0 Å². The molecule has 0 heterocycles. The summed E-state index contributed by atoms with van der Waals surface area (Å²) < 4.78 is 175. The predicted molar refractivity (Wildman–Crippen MR) is 527 cm³/mol. The first-order valence-corrected chi connectivity index (χ1v) is 48.2. The molecule has 0 saturated heterocycles. The molecule has 4 aliphatic rings. The zero-order chi connectivity index (χ0) is 104. The van der Waals surface area contributed by atoms with Crippen LogP contribution in [-0.2, 0) is 168 Å². The highest BCUT2D eigenvalue weighted by Crippen LogP contribution is 2.60. The Hall–Kier alpha value is -10.3. The predicted octanol–water partition coefficient (Wildman–Crippen LogP) is 3.63. The van der Waals surface area contributed by atoms with Gasteiger partial charge in [-0.3, -0.25) is 4.79 Å². The van der Waals surface area contributed by atoms with Crippen molar-refractivity contribution in [3.05, 3.63) is 248 Å². The molecule has 0 spiro atoms.